The van der Waals surface area contributed by atoms with Crippen molar-refractivity contribution in [3.63, 3.8) is 0 Å². The number of carboxylic acid groups (broad SMARTS) is 3. The molecule has 0 aliphatic heterocycles. The summed E-state index contributed by atoms with van der Waals surface area (Å²) in [4.78, 5) is 54.4. The molecular weight excluding hydrogens is 925 g/mol. The third-order valence-corrected chi connectivity index (χ3v) is 12.0. The van der Waals surface area contributed by atoms with Gasteiger partial charge in [0, 0.05) is 19.5 Å². The lowest BCUT2D eigenvalue weighted by molar-refractivity contribution is -0.144. The zero-order valence-electron chi connectivity index (χ0n) is 40.8. The van der Waals surface area contributed by atoms with Crippen LogP contribution in [0, 0.1) is 0 Å². The quantitative estimate of drug-likeness (QED) is 0.0285. The molecule has 390 valence electrons. The molecule has 0 aromatic heterocycles. The number of amides is 2. The van der Waals surface area contributed by atoms with Crippen LogP contribution in [-0.2, 0) is 57.1 Å². The molecule has 0 fully saturated rings. The van der Waals surface area contributed by atoms with E-state index in [4.69, 9.17) is 39.0 Å². The van der Waals surface area contributed by atoms with E-state index >= 15 is 0 Å². The van der Waals surface area contributed by atoms with Gasteiger partial charge in [-0.15, -0.1) is 11.8 Å². The molecule has 17 nitrogen and oxygen atoms in total. The highest BCUT2D eigenvalue weighted by atomic mass is 32.2. The summed E-state index contributed by atoms with van der Waals surface area (Å²) in [5.41, 5.74) is 3.83. The number of benzene rings is 3. The Bertz CT molecular complexity index is 1760. The van der Waals surface area contributed by atoms with Gasteiger partial charge < -0.3 is 59.1 Å². The first kappa shape index (κ1) is 61.0. The summed E-state index contributed by atoms with van der Waals surface area (Å²) in [6.45, 7) is 2.06. The standard InChI is InChI=1S/C44H62N2O8S.C8H14O7/c1-51-40-26-24-39(25-27-40)44(37-19-11-8-12-20-37,38-21-13-9-14-22-38)55-34-18-7-5-3-2-4-6-15-23-41(47)45-28-16-10-17-29-46-42(48)35-53-32-30-52-31-33-54-36-43(49)50;9-7(10)5-14-3-1-13-2-4-15-6-8(11)12/h8-9,11-14,19-22,24-27H,2-7,10,15-18,23,28-36H2,1H3,(H,45,47)(H,46,48)(H,49,50);1-6H2,(H,9,10)(H,11,12). The van der Waals surface area contributed by atoms with Crippen LogP contribution in [0.1, 0.15) is 93.7 Å². The number of hydrogen-bond acceptors (Lipinski definition) is 13. The van der Waals surface area contributed by atoms with Gasteiger partial charge >= 0.3 is 17.9 Å². The second-order valence-corrected chi connectivity index (χ2v) is 17.3. The van der Waals surface area contributed by atoms with Crippen LogP contribution in [0.15, 0.2) is 84.9 Å². The van der Waals surface area contributed by atoms with Crippen molar-refractivity contribution in [1.82, 2.24) is 10.6 Å². The minimum Gasteiger partial charge on any atom is -0.497 e. The lowest BCUT2D eigenvalue weighted by atomic mass is 9.84. The fourth-order valence-corrected chi connectivity index (χ4v) is 8.50. The molecule has 3 aromatic rings. The lowest BCUT2D eigenvalue weighted by Crippen LogP contribution is -2.29. The van der Waals surface area contributed by atoms with Gasteiger partial charge in [0.05, 0.1) is 64.7 Å². The molecule has 18 heteroatoms. The first-order chi connectivity index (χ1) is 34.1. The predicted molar refractivity (Wildman–Crippen MR) is 267 cm³/mol. The van der Waals surface area contributed by atoms with Gasteiger partial charge in [-0.05, 0) is 66.7 Å². The molecule has 0 spiro atoms. The smallest absolute Gasteiger partial charge is 0.329 e. The largest absolute Gasteiger partial charge is 0.497 e. The number of nitrogens with one attached hydrogen (secondary N) is 2. The van der Waals surface area contributed by atoms with Crippen LogP contribution in [-0.4, -0.2) is 150 Å². The summed E-state index contributed by atoms with van der Waals surface area (Å²) in [6, 6.07) is 30.2. The Morgan fingerprint density at radius 1 is 0.443 bits per heavy atom. The van der Waals surface area contributed by atoms with E-state index in [-0.39, 0.29) is 89.2 Å². The molecule has 3 rings (SSSR count). The van der Waals surface area contributed by atoms with Crippen LogP contribution >= 0.6 is 11.8 Å². The number of methoxy groups -OCH3 is 1. The fourth-order valence-electron chi connectivity index (χ4n) is 6.94. The molecular formula is C52H76N2O15S. The highest BCUT2D eigenvalue weighted by Gasteiger charge is 2.36. The van der Waals surface area contributed by atoms with Crippen LogP contribution in [0.3, 0.4) is 0 Å². The molecule has 0 unspecified atom stereocenters. The number of carboxylic acids is 3. The Hall–Kier alpha value is -5.08. The molecule has 5 N–H and O–H groups in total. The van der Waals surface area contributed by atoms with E-state index in [9.17, 15) is 24.0 Å². The molecule has 0 aliphatic rings. The Morgan fingerprint density at radius 2 is 0.814 bits per heavy atom. The first-order valence-corrected chi connectivity index (χ1v) is 25.1. The van der Waals surface area contributed by atoms with Crippen LogP contribution < -0.4 is 15.4 Å². The summed E-state index contributed by atoms with van der Waals surface area (Å²) >= 11 is 2.02. The Labute approximate surface area is 417 Å². The molecule has 2 amide bonds. The number of rotatable bonds is 42. The lowest BCUT2D eigenvalue weighted by Gasteiger charge is -2.35. The molecule has 0 heterocycles. The van der Waals surface area contributed by atoms with Crippen molar-refractivity contribution in [3.05, 3.63) is 102 Å². The van der Waals surface area contributed by atoms with Gasteiger partial charge in [0.2, 0.25) is 11.8 Å². The Kier molecular flexibility index (Phi) is 35.4. The molecule has 0 bridgehead atoms. The topological polar surface area (TPSA) is 235 Å². The van der Waals surface area contributed by atoms with Crippen LogP contribution in [0.25, 0.3) is 0 Å². The average molecular weight is 1000 g/mol. The van der Waals surface area contributed by atoms with Gasteiger partial charge in [-0.3, -0.25) is 9.59 Å². The Balaban J connectivity index is 0.000000960. The summed E-state index contributed by atoms with van der Waals surface area (Å²) < 4.78 is 34.9. The highest BCUT2D eigenvalue weighted by Crippen LogP contribution is 2.49. The summed E-state index contributed by atoms with van der Waals surface area (Å²) in [6.07, 6.45) is 12.5. The minimum absolute atomic E-state index is 0.0352. The number of carbonyl (C=O) groups is 5. The van der Waals surface area contributed by atoms with Crippen molar-refractivity contribution in [2.24, 2.45) is 0 Å². The third kappa shape index (κ3) is 29.8. The molecule has 0 saturated carbocycles. The van der Waals surface area contributed by atoms with Crippen molar-refractivity contribution < 1.29 is 72.5 Å². The fraction of sp³-hybridized carbons (Fsp3) is 0.558. The number of hydrogen-bond donors (Lipinski definition) is 5. The van der Waals surface area contributed by atoms with Gasteiger partial charge in [-0.1, -0.05) is 111 Å². The van der Waals surface area contributed by atoms with Gasteiger partial charge in [-0.2, -0.15) is 0 Å². The van der Waals surface area contributed by atoms with Crippen LogP contribution in [0.2, 0.25) is 0 Å². The van der Waals surface area contributed by atoms with Crippen molar-refractivity contribution in [3.8, 4) is 5.75 Å². The SMILES string of the molecule is COc1ccc(C(SCCCCCCCCCCC(=O)NCCCCCNC(=O)COCCOCCOCC(=O)O)(c2ccccc2)c2ccccc2)cc1.O=C(O)COCCOCCOCC(=O)O. The summed E-state index contributed by atoms with van der Waals surface area (Å²) in [7, 11) is 1.71. The van der Waals surface area contributed by atoms with Crippen molar-refractivity contribution in [2.75, 3.05) is 105 Å². The molecule has 0 atom stereocenters. The number of aliphatic carboxylic acids is 3. The van der Waals surface area contributed by atoms with E-state index in [2.05, 4.69) is 105 Å². The number of carbonyl (C=O) groups excluding carboxylic acids is 2. The van der Waals surface area contributed by atoms with E-state index in [1.165, 1.54) is 55.2 Å². The normalized spacial score (nSPS) is 11.0. The monoisotopic (exact) mass is 1000 g/mol. The van der Waals surface area contributed by atoms with Crippen molar-refractivity contribution >= 4 is 41.5 Å². The molecule has 3 aromatic carbocycles. The van der Waals surface area contributed by atoms with E-state index in [1.807, 2.05) is 11.8 Å². The molecule has 0 radical (unpaired) electrons. The van der Waals surface area contributed by atoms with Gasteiger partial charge in [0.1, 0.15) is 32.2 Å². The maximum atomic E-state index is 12.2. The van der Waals surface area contributed by atoms with Crippen molar-refractivity contribution in [2.45, 2.75) is 81.8 Å². The van der Waals surface area contributed by atoms with Gasteiger partial charge in [0.25, 0.3) is 0 Å². The average Bonchev–Trinajstić information content (AvgIpc) is 3.36. The van der Waals surface area contributed by atoms with Crippen LogP contribution in [0.5, 0.6) is 5.75 Å². The first-order valence-electron chi connectivity index (χ1n) is 24.1. The third-order valence-electron chi connectivity index (χ3n) is 10.4. The zero-order chi connectivity index (χ0) is 50.8. The zero-order valence-corrected chi connectivity index (χ0v) is 41.6. The molecule has 70 heavy (non-hydrogen) atoms. The second-order valence-electron chi connectivity index (χ2n) is 15.9. The van der Waals surface area contributed by atoms with Gasteiger partial charge in [-0.25, -0.2) is 14.4 Å². The minimum atomic E-state index is -1.03. The van der Waals surface area contributed by atoms with Crippen LogP contribution in [0.4, 0.5) is 0 Å². The summed E-state index contributed by atoms with van der Waals surface area (Å²) in [5.74, 6) is -1.20. The van der Waals surface area contributed by atoms with E-state index in [1.54, 1.807) is 7.11 Å². The molecule has 0 aliphatic carbocycles. The number of ether oxygens (including phenoxy) is 7. The Morgan fingerprint density at radius 3 is 1.26 bits per heavy atom. The number of unbranched alkanes of at least 4 members (excludes halogenated alkanes) is 9. The van der Waals surface area contributed by atoms with E-state index < -0.39 is 17.9 Å². The maximum Gasteiger partial charge on any atom is 0.329 e. The summed E-state index contributed by atoms with van der Waals surface area (Å²) in [5, 5.41) is 30.7. The van der Waals surface area contributed by atoms with E-state index in [0.29, 0.717) is 26.1 Å². The maximum absolute atomic E-state index is 12.2. The molecule has 0 saturated heterocycles. The highest BCUT2D eigenvalue weighted by molar-refractivity contribution is 8.00. The number of thioether (sulfide) groups is 1. The second kappa shape index (κ2) is 40.6. The van der Waals surface area contributed by atoms with Gasteiger partial charge in [0.15, 0.2) is 0 Å². The van der Waals surface area contributed by atoms with E-state index in [0.717, 1.165) is 43.6 Å². The van der Waals surface area contributed by atoms with Crippen molar-refractivity contribution in [1.29, 1.82) is 0 Å². The predicted octanol–water partition coefficient (Wildman–Crippen LogP) is 6.97.